The SMILES string of the molecule is CC(C)(C)C1=[C-]CC=C1.C[C](C)=[Ti+].Cc1cc(O)cc(C(C)(C)C)c1.Cl.Cl. The van der Waals surface area contributed by atoms with Gasteiger partial charge >= 0.3 is 37.6 Å². The Morgan fingerprint density at radius 1 is 0.963 bits per heavy atom. The van der Waals surface area contributed by atoms with Crippen LogP contribution in [0.5, 0.6) is 5.75 Å². The van der Waals surface area contributed by atoms with Crippen LogP contribution in [0.3, 0.4) is 0 Å². The third-order valence-electron chi connectivity index (χ3n) is 3.43. The van der Waals surface area contributed by atoms with Gasteiger partial charge < -0.3 is 5.11 Å². The van der Waals surface area contributed by atoms with E-state index in [0.29, 0.717) is 11.2 Å². The van der Waals surface area contributed by atoms with Gasteiger partial charge in [0.2, 0.25) is 0 Å². The topological polar surface area (TPSA) is 20.2 Å². The molecule has 27 heavy (non-hydrogen) atoms. The van der Waals surface area contributed by atoms with Crippen LogP contribution >= 0.6 is 24.8 Å². The number of rotatable bonds is 0. The van der Waals surface area contributed by atoms with E-state index in [1.54, 1.807) is 6.07 Å². The number of halogens is 2. The predicted molar refractivity (Wildman–Crippen MR) is 122 cm³/mol. The molecule has 0 aromatic heterocycles. The molecule has 4 heteroatoms. The molecule has 0 radical (unpaired) electrons. The number of hydrogen-bond donors (Lipinski definition) is 1. The summed E-state index contributed by atoms with van der Waals surface area (Å²) in [6.45, 7) is 19.2. The summed E-state index contributed by atoms with van der Waals surface area (Å²) in [6, 6.07) is 5.71. The summed E-state index contributed by atoms with van der Waals surface area (Å²) in [6.07, 6.45) is 8.63. The van der Waals surface area contributed by atoms with Crippen LogP contribution in [0, 0.1) is 18.4 Å². The Bertz CT molecular complexity index is 609. The molecule has 0 fully saturated rings. The molecule has 2 rings (SSSR count). The first-order valence-electron chi connectivity index (χ1n) is 8.84. The second-order valence-corrected chi connectivity index (χ2v) is 10.3. The number of benzene rings is 1. The Labute approximate surface area is 191 Å². The summed E-state index contributed by atoms with van der Waals surface area (Å²) < 4.78 is 1.42. The summed E-state index contributed by atoms with van der Waals surface area (Å²) >= 11 is 2.08. The Balaban J connectivity index is -0.000000343. The molecule has 1 nitrogen and oxygen atoms in total. The van der Waals surface area contributed by atoms with Crippen LogP contribution in [0.1, 0.15) is 72.9 Å². The van der Waals surface area contributed by atoms with Crippen molar-refractivity contribution in [2.45, 2.75) is 74.1 Å². The zero-order valence-electron chi connectivity index (χ0n) is 18.4. The summed E-state index contributed by atoms with van der Waals surface area (Å²) in [7, 11) is 0. The first-order valence-corrected chi connectivity index (χ1v) is 9.62. The maximum absolute atomic E-state index is 9.36. The number of phenolic OH excluding ortho intramolecular Hbond substituents is 1. The third-order valence-corrected chi connectivity index (χ3v) is 3.43. The van der Waals surface area contributed by atoms with Gasteiger partial charge in [0.15, 0.2) is 0 Å². The molecule has 1 aromatic carbocycles. The van der Waals surface area contributed by atoms with E-state index in [-0.39, 0.29) is 30.2 Å². The van der Waals surface area contributed by atoms with Gasteiger partial charge in [-0.25, -0.2) is 11.6 Å². The molecule has 0 bridgehead atoms. The standard InChI is InChI=1S/C11H16O.C9H13.C3H6.2ClH.Ti/c1-8-5-9(11(2,3)4)7-10(12)6-8;1-9(2,3)8-6-4-5-7-8;1-3-2;;;/h5-7,12H,1-4H3;4,6H,5H2,1-3H3;1-2H3;2*1H;/q;-1;;;;+1. The number of aryl methyl sites for hydroxylation is 1. The molecule has 0 saturated carbocycles. The van der Waals surface area contributed by atoms with E-state index in [0.717, 1.165) is 12.0 Å². The fourth-order valence-corrected chi connectivity index (χ4v) is 2.12. The molecule has 1 aromatic rings. The fourth-order valence-electron chi connectivity index (χ4n) is 2.12. The minimum absolute atomic E-state index is 0. The van der Waals surface area contributed by atoms with Gasteiger partial charge in [-0.3, -0.25) is 6.08 Å². The molecule has 0 spiro atoms. The van der Waals surface area contributed by atoms with Crippen molar-refractivity contribution < 1.29 is 25.1 Å². The Morgan fingerprint density at radius 2 is 1.44 bits per heavy atom. The van der Waals surface area contributed by atoms with E-state index in [1.807, 2.05) is 13.0 Å². The van der Waals surface area contributed by atoms with E-state index in [2.05, 4.69) is 99.7 Å². The zero-order chi connectivity index (χ0) is 19.8. The second kappa shape index (κ2) is 13.8. The molecule has 0 atom stereocenters. The summed E-state index contributed by atoms with van der Waals surface area (Å²) in [4.78, 5) is 0. The van der Waals surface area contributed by atoms with Gasteiger partial charge in [0.25, 0.3) is 0 Å². The molecule has 0 aliphatic heterocycles. The maximum Gasteiger partial charge on any atom is 0.116 e. The van der Waals surface area contributed by atoms with Crippen molar-refractivity contribution in [1.82, 2.24) is 0 Å². The first-order chi connectivity index (χ1) is 11.2. The predicted octanol–water partition coefficient (Wildman–Crippen LogP) is 7.31. The van der Waals surface area contributed by atoms with Crippen LogP contribution in [-0.4, -0.2) is 8.92 Å². The maximum atomic E-state index is 9.36. The number of hydrogen-bond acceptors (Lipinski definition) is 1. The minimum atomic E-state index is 0. The molecule has 0 amide bonds. The largest absolute Gasteiger partial charge is 0.508 e. The van der Waals surface area contributed by atoms with E-state index in [1.165, 1.54) is 14.9 Å². The average molecular weight is 448 g/mol. The second-order valence-electron chi connectivity index (χ2n) is 8.75. The van der Waals surface area contributed by atoms with Crippen molar-refractivity contribution in [3.8, 4) is 5.75 Å². The van der Waals surface area contributed by atoms with E-state index in [9.17, 15) is 5.11 Å². The van der Waals surface area contributed by atoms with Crippen molar-refractivity contribution in [2.24, 2.45) is 5.41 Å². The van der Waals surface area contributed by atoms with E-state index in [4.69, 9.17) is 0 Å². The molecule has 1 aliphatic rings. The average Bonchev–Trinajstić information content (AvgIpc) is 2.89. The summed E-state index contributed by atoms with van der Waals surface area (Å²) in [5, 5.41) is 9.36. The third kappa shape index (κ3) is 15.3. The molecule has 1 N–H and O–H groups in total. The van der Waals surface area contributed by atoms with E-state index < -0.39 is 0 Å². The summed E-state index contributed by atoms with van der Waals surface area (Å²) in [5.74, 6) is 0.361. The van der Waals surface area contributed by atoms with Crippen LogP contribution in [0.25, 0.3) is 0 Å². The fraction of sp³-hybridized carbons (Fsp3) is 0.522. The number of aromatic hydroxyl groups is 1. The molecular formula is C23H37Cl2OTi. The van der Waals surface area contributed by atoms with Crippen molar-refractivity contribution in [3.05, 3.63) is 53.1 Å². The molecule has 0 saturated heterocycles. The zero-order valence-corrected chi connectivity index (χ0v) is 21.6. The molecule has 0 unspecified atom stereocenters. The van der Waals surface area contributed by atoms with Crippen LogP contribution < -0.4 is 0 Å². The smallest absolute Gasteiger partial charge is 0.116 e. The van der Waals surface area contributed by atoms with Crippen molar-refractivity contribution in [1.29, 1.82) is 0 Å². The van der Waals surface area contributed by atoms with Gasteiger partial charge in [-0.1, -0.05) is 47.6 Å². The molecule has 1 aliphatic carbocycles. The Hall–Kier alpha value is -0.336. The Morgan fingerprint density at radius 3 is 1.70 bits per heavy atom. The normalized spacial score (nSPS) is 12.3. The van der Waals surface area contributed by atoms with Gasteiger partial charge in [0.1, 0.15) is 5.75 Å². The quantitative estimate of drug-likeness (QED) is 0.326. The number of phenols is 1. The van der Waals surface area contributed by atoms with Crippen LogP contribution in [-0.2, 0) is 25.4 Å². The molecule has 0 heterocycles. The van der Waals surface area contributed by atoms with E-state index >= 15 is 0 Å². The van der Waals surface area contributed by atoms with Gasteiger partial charge in [0.05, 0.1) is 0 Å². The molecule has 153 valence electrons. The van der Waals surface area contributed by atoms with Crippen molar-refractivity contribution >= 4 is 28.6 Å². The van der Waals surface area contributed by atoms with Crippen molar-refractivity contribution in [3.63, 3.8) is 0 Å². The number of allylic oxidation sites excluding steroid dienone is 4. The Kier molecular flexibility index (Phi) is 16.0. The van der Waals surface area contributed by atoms with Gasteiger partial charge in [-0.05, 0) is 41.0 Å². The van der Waals surface area contributed by atoms with Gasteiger partial charge in [-0.15, -0.1) is 31.2 Å². The van der Waals surface area contributed by atoms with Gasteiger partial charge in [-0.2, -0.15) is 6.08 Å². The van der Waals surface area contributed by atoms with Crippen LogP contribution in [0.15, 0.2) is 35.9 Å². The molecular weight excluding hydrogens is 411 g/mol. The van der Waals surface area contributed by atoms with Crippen LogP contribution in [0.2, 0.25) is 0 Å². The summed E-state index contributed by atoms with van der Waals surface area (Å²) in [5.41, 5.74) is 4.05. The monoisotopic (exact) mass is 447 g/mol. The van der Waals surface area contributed by atoms with Crippen molar-refractivity contribution in [2.75, 3.05) is 0 Å². The van der Waals surface area contributed by atoms with Gasteiger partial charge in [0, 0.05) is 0 Å². The first kappa shape index (κ1) is 31.4. The van der Waals surface area contributed by atoms with Crippen LogP contribution in [0.4, 0.5) is 0 Å². The minimum Gasteiger partial charge on any atom is -0.508 e.